The molecule has 0 atom stereocenters. The first-order valence-electron chi connectivity index (χ1n) is 11.6. The molecule has 8 heteroatoms. The van der Waals surface area contributed by atoms with Crippen LogP contribution in [0, 0.1) is 6.92 Å². The van der Waals surface area contributed by atoms with Crippen LogP contribution in [0.4, 0.5) is 22.0 Å². The second-order valence-corrected chi connectivity index (χ2v) is 9.41. The summed E-state index contributed by atoms with van der Waals surface area (Å²) in [5, 5.41) is 3.70. The molecule has 3 heterocycles. The van der Waals surface area contributed by atoms with E-state index in [0.29, 0.717) is 18.1 Å². The molecule has 32 heavy (non-hydrogen) atoms. The fourth-order valence-electron chi connectivity index (χ4n) is 4.31. The highest BCUT2D eigenvalue weighted by Crippen LogP contribution is 2.31. The van der Waals surface area contributed by atoms with Crippen LogP contribution in [0.2, 0.25) is 5.02 Å². The number of piperidine rings is 1. The fraction of sp³-hybridized carbons (Fsp3) is 0.542. The van der Waals surface area contributed by atoms with Crippen molar-refractivity contribution in [2.45, 2.75) is 46.0 Å². The van der Waals surface area contributed by atoms with Crippen molar-refractivity contribution in [2.24, 2.45) is 0 Å². The Bertz CT molecular complexity index is 952. The van der Waals surface area contributed by atoms with Crippen molar-refractivity contribution in [3.8, 4) is 0 Å². The Labute approximate surface area is 195 Å². The largest absolute Gasteiger partial charge is 0.370 e. The molecule has 2 aromatic rings. The second-order valence-electron chi connectivity index (χ2n) is 9.00. The van der Waals surface area contributed by atoms with E-state index in [9.17, 15) is 4.79 Å². The van der Waals surface area contributed by atoms with Gasteiger partial charge in [-0.2, -0.15) is 0 Å². The van der Waals surface area contributed by atoms with E-state index in [1.54, 1.807) is 0 Å². The number of urea groups is 1. The minimum Gasteiger partial charge on any atom is -0.370 e. The van der Waals surface area contributed by atoms with Crippen molar-refractivity contribution < 1.29 is 4.79 Å². The average Bonchev–Trinajstić information content (AvgIpc) is 2.79. The summed E-state index contributed by atoms with van der Waals surface area (Å²) in [4.78, 5) is 28.5. The molecule has 2 aliphatic rings. The van der Waals surface area contributed by atoms with Gasteiger partial charge < -0.3 is 20.0 Å². The van der Waals surface area contributed by atoms with E-state index in [1.165, 1.54) is 19.3 Å². The number of nitrogens with one attached hydrogen (secondary N) is 1. The van der Waals surface area contributed by atoms with Crippen molar-refractivity contribution in [3.63, 3.8) is 0 Å². The zero-order valence-corrected chi connectivity index (χ0v) is 20.0. The van der Waals surface area contributed by atoms with E-state index >= 15 is 0 Å². The number of rotatable bonds is 4. The molecule has 4 rings (SSSR count). The van der Waals surface area contributed by atoms with Crippen LogP contribution in [0.25, 0.3) is 0 Å². The number of aromatic nitrogens is 2. The number of piperazine rings is 1. The van der Waals surface area contributed by atoms with Gasteiger partial charge in [0.25, 0.3) is 0 Å². The summed E-state index contributed by atoms with van der Waals surface area (Å²) in [5.41, 5.74) is 2.76. The van der Waals surface area contributed by atoms with Gasteiger partial charge in [-0.15, -0.1) is 0 Å². The Morgan fingerprint density at radius 1 is 0.969 bits per heavy atom. The van der Waals surface area contributed by atoms with Gasteiger partial charge in [0.1, 0.15) is 11.6 Å². The Morgan fingerprint density at radius 2 is 1.69 bits per heavy atom. The second kappa shape index (κ2) is 9.94. The van der Waals surface area contributed by atoms with Crippen LogP contribution >= 0.6 is 11.6 Å². The van der Waals surface area contributed by atoms with E-state index in [1.807, 2.05) is 36.1 Å². The van der Waals surface area contributed by atoms with Gasteiger partial charge in [-0.3, -0.25) is 0 Å². The third-order valence-electron chi connectivity index (χ3n) is 6.16. The van der Waals surface area contributed by atoms with Gasteiger partial charge in [0.15, 0.2) is 0 Å². The van der Waals surface area contributed by atoms with Gasteiger partial charge >= 0.3 is 6.03 Å². The van der Waals surface area contributed by atoms with Gasteiger partial charge in [0.05, 0.1) is 10.7 Å². The van der Waals surface area contributed by atoms with Crippen LogP contribution < -0.4 is 15.1 Å². The van der Waals surface area contributed by atoms with E-state index in [-0.39, 0.29) is 11.9 Å². The molecular weight excluding hydrogens is 424 g/mol. The molecule has 172 valence electrons. The monoisotopic (exact) mass is 456 g/mol. The Hall–Kier alpha value is -2.54. The summed E-state index contributed by atoms with van der Waals surface area (Å²) in [6, 6.07) is 7.75. The molecule has 2 aliphatic heterocycles. The molecule has 2 saturated heterocycles. The number of carbonyl (C=O) groups excluding carboxylic acids is 1. The van der Waals surface area contributed by atoms with Crippen LogP contribution in [-0.2, 0) is 0 Å². The van der Waals surface area contributed by atoms with Crippen LogP contribution in [0.15, 0.2) is 24.3 Å². The summed E-state index contributed by atoms with van der Waals surface area (Å²) in [6.45, 7) is 11.1. The van der Waals surface area contributed by atoms with Gasteiger partial charge in [-0.1, -0.05) is 25.4 Å². The predicted octanol–water partition coefficient (Wildman–Crippen LogP) is 4.91. The maximum absolute atomic E-state index is 12.8. The highest BCUT2D eigenvalue weighted by atomic mass is 35.5. The maximum atomic E-state index is 12.8. The minimum absolute atomic E-state index is 0.0897. The van der Waals surface area contributed by atoms with E-state index < -0.39 is 0 Å². The highest BCUT2D eigenvalue weighted by Gasteiger charge is 2.23. The SMILES string of the molecule is Cc1cc(N2CCN(C(=O)Nc3ccc(N4CCCCC4)c(Cl)c3)CC2)nc(C(C)C)n1. The average molecular weight is 457 g/mol. The van der Waals surface area contributed by atoms with Crippen molar-refractivity contribution in [1.29, 1.82) is 0 Å². The normalized spacial score (nSPS) is 17.1. The smallest absolute Gasteiger partial charge is 0.321 e. The van der Waals surface area contributed by atoms with Crippen LogP contribution in [0.5, 0.6) is 0 Å². The number of nitrogens with zero attached hydrogens (tertiary/aromatic N) is 5. The van der Waals surface area contributed by atoms with Crippen molar-refractivity contribution in [1.82, 2.24) is 14.9 Å². The summed E-state index contributed by atoms with van der Waals surface area (Å²) < 4.78 is 0. The lowest BCUT2D eigenvalue weighted by molar-refractivity contribution is 0.208. The molecule has 7 nitrogen and oxygen atoms in total. The summed E-state index contributed by atoms with van der Waals surface area (Å²) in [7, 11) is 0. The van der Waals surface area contributed by atoms with Gasteiger partial charge in [-0.05, 0) is 44.4 Å². The molecule has 0 bridgehead atoms. The first-order chi connectivity index (χ1) is 15.4. The van der Waals surface area contributed by atoms with Crippen LogP contribution in [0.1, 0.15) is 50.5 Å². The van der Waals surface area contributed by atoms with Crippen LogP contribution in [-0.4, -0.2) is 60.2 Å². The summed E-state index contributed by atoms with van der Waals surface area (Å²) in [5.74, 6) is 2.10. The lowest BCUT2D eigenvalue weighted by Crippen LogP contribution is -2.50. The van der Waals surface area contributed by atoms with Gasteiger partial charge in [0, 0.05) is 62.6 Å². The number of hydrogen-bond donors (Lipinski definition) is 1. The molecule has 0 aliphatic carbocycles. The molecule has 0 saturated carbocycles. The third kappa shape index (κ3) is 5.26. The topological polar surface area (TPSA) is 64.6 Å². The lowest BCUT2D eigenvalue weighted by atomic mass is 10.1. The number of anilines is 3. The predicted molar refractivity (Wildman–Crippen MR) is 131 cm³/mol. The first kappa shape index (κ1) is 22.6. The molecule has 1 aromatic carbocycles. The van der Waals surface area contributed by atoms with Crippen molar-refractivity contribution >= 4 is 34.8 Å². The quantitative estimate of drug-likeness (QED) is 0.708. The fourth-order valence-corrected chi connectivity index (χ4v) is 4.61. The standard InChI is InChI=1S/C24H33ClN6O/c1-17(2)23-26-18(3)15-22(28-23)30-11-13-31(14-12-30)24(32)27-19-7-8-21(20(25)16-19)29-9-5-4-6-10-29/h7-8,15-17H,4-6,9-14H2,1-3H3,(H,27,32). The number of benzene rings is 1. The molecule has 0 spiro atoms. The number of carbonyl (C=O) groups is 1. The zero-order chi connectivity index (χ0) is 22.7. The Balaban J connectivity index is 1.34. The summed E-state index contributed by atoms with van der Waals surface area (Å²) >= 11 is 6.54. The number of amides is 2. The molecule has 2 amide bonds. The first-order valence-corrected chi connectivity index (χ1v) is 12.0. The molecule has 0 radical (unpaired) electrons. The van der Waals surface area contributed by atoms with Crippen molar-refractivity contribution in [2.75, 3.05) is 54.4 Å². The van der Waals surface area contributed by atoms with Gasteiger partial charge in [-0.25, -0.2) is 14.8 Å². The zero-order valence-electron chi connectivity index (χ0n) is 19.3. The molecule has 1 N–H and O–H groups in total. The molecular formula is C24H33ClN6O. The Kier molecular flexibility index (Phi) is 7.04. The molecule has 2 fully saturated rings. The van der Waals surface area contributed by atoms with Gasteiger partial charge in [0.2, 0.25) is 0 Å². The minimum atomic E-state index is -0.0897. The Morgan fingerprint density at radius 3 is 2.34 bits per heavy atom. The van der Waals surface area contributed by atoms with Crippen molar-refractivity contribution in [3.05, 3.63) is 40.8 Å². The molecule has 0 unspecified atom stereocenters. The third-order valence-corrected chi connectivity index (χ3v) is 6.46. The molecule has 1 aromatic heterocycles. The number of halogens is 1. The number of hydrogen-bond acceptors (Lipinski definition) is 5. The van der Waals surface area contributed by atoms with E-state index in [4.69, 9.17) is 16.6 Å². The van der Waals surface area contributed by atoms with Crippen LogP contribution in [0.3, 0.4) is 0 Å². The maximum Gasteiger partial charge on any atom is 0.321 e. The summed E-state index contributed by atoms with van der Waals surface area (Å²) in [6.07, 6.45) is 3.69. The lowest BCUT2D eigenvalue weighted by Gasteiger charge is -2.35. The van der Waals surface area contributed by atoms with E-state index in [0.717, 1.165) is 54.9 Å². The van der Waals surface area contributed by atoms with E-state index in [2.05, 4.69) is 33.9 Å². The number of aryl methyl sites for hydroxylation is 1. The highest BCUT2D eigenvalue weighted by molar-refractivity contribution is 6.33.